The summed E-state index contributed by atoms with van der Waals surface area (Å²) in [4.78, 5) is 22.1. The van der Waals surface area contributed by atoms with Crippen molar-refractivity contribution >= 4 is 40.7 Å². The van der Waals surface area contributed by atoms with Crippen molar-refractivity contribution in [3.8, 4) is 11.3 Å². The van der Waals surface area contributed by atoms with Crippen molar-refractivity contribution in [2.75, 3.05) is 54.6 Å². The van der Waals surface area contributed by atoms with Crippen LogP contribution in [0, 0.1) is 5.82 Å². The lowest BCUT2D eigenvalue weighted by atomic mass is 10.1. The molecule has 2 heterocycles. The van der Waals surface area contributed by atoms with Crippen molar-refractivity contribution in [1.29, 1.82) is 0 Å². The maximum atomic E-state index is 14.1. The highest BCUT2D eigenvalue weighted by atomic mass is 19.1. The first-order valence-corrected chi connectivity index (χ1v) is 13.1. The third-order valence-corrected chi connectivity index (χ3v) is 6.47. The van der Waals surface area contributed by atoms with E-state index in [0.717, 1.165) is 29.2 Å². The third-order valence-electron chi connectivity index (χ3n) is 6.47. The highest BCUT2D eigenvalue weighted by molar-refractivity contribution is 5.80. The number of anilines is 6. The van der Waals surface area contributed by atoms with E-state index in [2.05, 4.69) is 27.5 Å². The number of hydrogen-bond acceptors (Lipinski definition) is 8. The monoisotopic (exact) mass is 557 g/mol. The molecule has 1 atom stereocenters. The van der Waals surface area contributed by atoms with Crippen LogP contribution < -0.4 is 20.9 Å². The molecule has 0 aliphatic carbocycles. The van der Waals surface area contributed by atoms with E-state index in [1.807, 2.05) is 60.5 Å². The fraction of sp³-hybridized carbons (Fsp3) is 0.194. The molecule has 1 saturated heterocycles. The highest BCUT2D eigenvalue weighted by Gasteiger charge is 2.23. The molecule has 0 amide bonds. The van der Waals surface area contributed by atoms with Gasteiger partial charge < -0.3 is 20.9 Å². The van der Waals surface area contributed by atoms with E-state index < -0.39 is 6.30 Å². The molecule has 1 fully saturated rings. The van der Waals surface area contributed by atoms with Crippen LogP contribution in [0.25, 0.3) is 11.3 Å². The Hall–Kier alpha value is -4.83. The zero-order valence-electron chi connectivity index (χ0n) is 23.0. The summed E-state index contributed by atoms with van der Waals surface area (Å²) >= 11 is 0. The number of likely N-dealkylation sites (N-methyl/N-ethyl adjacent to an activating group) is 1. The average Bonchev–Trinajstić information content (AvgIpc) is 3.00. The van der Waals surface area contributed by atoms with Gasteiger partial charge in [-0.1, -0.05) is 24.8 Å². The summed E-state index contributed by atoms with van der Waals surface area (Å²) in [6.07, 6.45) is 2.54. The predicted molar refractivity (Wildman–Crippen MR) is 162 cm³/mol. The van der Waals surface area contributed by atoms with E-state index in [9.17, 15) is 8.78 Å². The molecule has 1 aromatic heterocycles. The largest absolute Gasteiger partial charge is 0.388 e. The van der Waals surface area contributed by atoms with Crippen LogP contribution in [-0.2, 0) is 4.79 Å². The first-order valence-electron chi connectivity index (χ1n) is 13.1. The molecule has 41 heavy (non-hydrogen) atoms. The van der Waals surface area contributed by atoms with Gasteiger partial charge in [0.15, 0.2) is 6.30 Å². The van der Waals surface area contributed by atoms with E-state index in [1.165, 1.54) is 18.2 Å². The quantitative estimate of drug-likeness (QED) is 0.134. The molecule has 0 spiro atoms. The normalized spacial score (nSPS) is 14.8. The number of nitrogens with zero attached hydrogens (tertiary/aromatic N) is 4. The van der Waals surface area contributed by atoms with Gasteiger partial charge in [-0.2, -0.15) is 0 Å². The van der Waals surface area contributed by atoms with Crippen LogP contribution in [0.4, 0.5) is 43.2 Å². The molecule has 10 heteroatoms. The summed E-state index contributed by atoms with van der Waals surface area (Å²) in [5.41, 5.74) is 5.53. The van der Waals surface area contributed by atoms with Crippen LogP contribution in [0.3, 0.4) is 0 Å². The lowest BCUT2D eigenvalue weighted by molar-refractivity contribution is -0.104. The zero-order chi connectivity index (χ0) is 29.2. The topological polar surface area (TPSA) is 85.4 Å². The smallest absolute Gasteiger partial charge is 0.227 e. The Bertz CT molecular complexity index is 1460. The molecule has 5 rings (SSSR count). The van der Waals surface area contributed by atoms with Crippen molar-refractivity contribution in [1.82, 2.24) is 14.9 Å². The van der Waals surface area contributed by atoms with Crippen LogP contribution in [0.5, 0.6) is 0 Å². The Morgan fingerprint density at radius 3 is 2.39 bits per heavy atom. The summed E-state index contributed by atoms with van der Waals surface area (Å²) in [6.45, 7) is 4.92. The van der Waals surface area contributed by atoms with E-state index in [0.29, 0.717) is 42.4 Å². The number of nitrogens with one attached hydrogen (secondary N) is 3. The lowest BCUT2D eigenvalue weighted by Crippen LogP contribution is -2.49. The Labute approximate surface area is 238 Å². The summed E-state index contributed by atoms with van der Waals surface area (Å²) in [5, 5.41) is 9.65. The highest BCUT2D eigenvalue weighted by Crippen LogP contribution is 2.31. The first kappa shape index (κ1) is 29.2. The van der Waals surface area contributed by atoms with Crippen molar-refractivity contribution in [3.63, 3.8) is 0 Å². The first-order chi connectivity index (χ1) is 19.9. The standard InChI is InChI=1S/C28H29F2N7.C3H4O/c1-31-22-7-3-5-19(15-22)27-25(33-23-8-4-6-20(29)16-23)17-32-28(35-27)34-21-9-11-24(12-10-21)37-14-13-36(2)26(30)18-37;1-2-3-4/h3-12,15-17,26,31,33H,13-14,18H2,1-2H3,(H,32,34,35);2-3H,1H2. The van der Waals surface area contributed by atoms with Crippen LogP contribution in [0.1, 0.15) is 0 Å². The second kappa shape index (κ2) is 14.0. The predicted octanol–water partition coefficient (Wildman–Crippen LogP) is 6.23. The molecule has 3 aromatic carbocycles. The van der Waals surface area contributed by atoms with Crippen LogP contribution in [0.15, 0.2) is 91.6 Å². The summed E-state index contributed by atoms with van der Waals surface area (Å²) < 4.78 is 27.9. The minimum Gasteiger partial charge on any atom is -0.388 e. The number of carbonyl (C=O) groups excluding carboxylic acids is 1. The Morgan fingerprint density at radius 2 is 1.71 bits per heavy atom. The van der Waals surface area contributed by atoms with E-state index >= 15 is 0 Å². The molecule has 0 bridgehead atoms. The number of aldehydes is 1. The summed E-state index contributed by atoms with van der Waals surface area (Å²) in [7, 11) is 3.66. The SMILES string of the molecule is C=CC=O.CNc1cccc(-c2nc(Nc3ccc(N4CCN(C)C(F)C4)cc3)ncc2Nc2cccc(F)c2)c1. The van der Waals surface area contributed by atoms with Gasteiger partial charge in [0.05, 0.1) is 24.1 Å². The number of halogens is 2. The van der Waals surface area contributed by atoms with Crippen molar-refractivity contribution in [3.05, 3.63) is 97.5 Å². The van der Waals surface area contributed by atoms with Gasteiger partial charge in [-0.25, -0.2) is 18.7 Å². The average molecular weight is 558 g/mol. The van der Waals surface area contributed by atoms with Crippen molar-refractivity contribution < 1.29 is 13.6 Å². The minimum absolute atomic E-state index is 0.329. The number of carbonyl (C=O) groups is 1. The molecular weight excluding hydrogens is 524 g/mol. The van der Waals surface area contributed by atoms with Gasteiger partial charge >= 0.3 is 0 Å². The molecule has 0 saturated carbocycles. The van der Waals surface area contributed by atoms with Gasteiger partial charge in [0, 0.05) is 48.5 Å². The minimum atomic E-state index is -0.973. The van der Waals surface area contributed by atoms with Crippen molar-refractivity contribution in [2.45, 2.75) is 6.30 Å². The van der Waals surface area contributed by atoms with Crippen LogP contribution in [-0.4, -0.2) is 61.2 Å². The van der Waals surface area contributed by atoms with E-state index in [-0.39, 0.29) is 5.82 Å². The second-order valence-corrected chi connectivity index (χ2v) is 9.33. The van der Waals surface area contributed by atoms with Crippen LogP contribution >= 0.6 is 0 Å². The molecule has 3 N–H and O–H groups in total. The number of aromatic nitrogens is 2. The molecule has 1 aliphatic heterocycles. The molecule has 4 aromatic rings. The van der Waals surface area contributed by atoms with Gasteiger partial charge in [-0.3, -0.25) is 9.69 Å². The van der Waals surface area contributed by atoms with E-state index in [4.69, 9.17) is 9.78 Å². The molecular formula is C31H33F2N7O. The molecule has 1 aliphatic rings. The second-order valence-electron chi connectivity index (χ2n) is 9.33. The maximum Gasteiger partial charge on any atom is 0.227 e. The summed E-state index contributed by atoms with van der Waals surface area (Å²) in [5.74, 6) is 0.0933. The molecule has 1 unspecified atom stereocenters. The molecule has 212 valence electrons. The number of allylic oxidation sites excluding steroid dienone is 1. The number of rotatable bonds is 8. The van der Waals surface area contributed by atoms with Crippen molar-refractivity contribution in [2.24, 2.45) is 0 Å². The summed E-state index contributed by atoms with van der Waals surface area (Å²) in [6, 6.07) is 21.9. The fourth-order valence-corrected chi connectivity index (χ4v) is 4.25. The third kappa shape index (κ3) is 7.86. The van der Waals surface area contributed by atoms with E-state index in [1.54, 1.807) is 30.3 Å². The lowest BCUT2D eigenvalue weighted by Gasteiger charge is -2.36. The zero-order valence-corrected chi connectivity index (χ0v) is 23.0. The number of benzene rings is 3. The molecule has 8 nitrogen and oxygen atoms in total. The van der Waals surface area contributed by atoms with Crippen LogP contribution in [0.2, 0.25) is 0 Å². The Kier molecular flexibility index (Phi) is 9.95. The van der Waals surface area contributed by atoms with Gasteiger partial charge in [0.1, 0.15) is 12.1 Å². The Balaban J connectivity index is 0.000000909. The number of piperazine rings is 1. The number of alkyl halides is 1. The van der Waals surface area contributed by atoms with Gasteiger partial charge in [-0.05, 0) is 67.7 Å². The fourth-order valence-electron chi connectivity index (χ4n) is 4.25. The van der Waals surface area contributed by atoms with Gasteiger partial charge in [-0.15, -0.1) is 0 Å². The Morgan fingerprint density at radius 1 is 0.976 bits per heavy atom. The molecule has 0 radical (unpaired) electrons. The maximum absolute atomic E-state index is 14.1. The number of hydrogen-bond donors (Lipinski definition) is 3. The van der Waals surface area contributed by atoms with Gasteiger partial charge in [0.25, 0.3) is 0 Å². The van der Waals surface area contributed by atoms with Gasteiger partial charge in [0.2, 0.25) is 5.95 Å².